The van der Waals surface area contributed by atoms with E-state index < -0.39 is 0 Å². The third kappa shape index (κ3) is 1.40. The molecule has 1 aliphatic heterocycles. The van der Waals surface area contributed by atoms with Gasteiger partial charge in [0, 0.05) is 13.1 Å². The summed E-state index contributed by atoms with van der Waals surface area (Å²) in [7, 11) is 0. The molecule has 3 rings (SSSR count). The molecule has 3 aliphatic rings. The van der Waals surface area contributed by atoms with Gasteiger partial charge in [0.05, 0.1) is 12.7 Å². The number of morpholine rings is 1. The molecule has 4 atom stereocenters. The summed E-state index contributed by atoms with van der Waals surface area (Å²) in [5.74, 6) is 2.96. The third-order valence-corrected chi connectivity index (χ3v) is 4.23. The van der Waals surface area contributed by atoms with E-state index >= 15 is 0 Å². The molecule has 74 valence electrons. The highest BCUT2D eigenvalue weighted by Gasteiger charge is 2.43. The number of nitrogens with one attached hydrogen (secondary N) is 1. The van der Waals surface area contributed by atoms with E-state index in [0.29, 0.717) is 6.10 Å². The Labute approximate surface area is 80.0 Å². The first kappa shape index (κ1) is 8.25. The summed E-state index contributed by atoms with van der Waals surface area (Å²) >= 11 is 0. The highest BCUT2D eigenvalue weighted by molar-refractivity contribution is 4.94. The summed E-state index contributed by atoms with van der Waals surface area (Å²) in [5, 5.41) is 3.45. The minimum absolute atomic E-state index is 0.545. The molecule has 4 unspecified atom stereocenters. The maximum atomic E-state index is 5.85. The quantitative estimate of drug-likeness (QED) is 0.660. The molecule has 1 N–H and O–H groups in total. The first-order chi connectivity index (χ1) is 6.43. The Hall–Kier alpha value is -0.0800. The first-order valence-electron chi connectivity index (χ1n) is 5.76. The van der Waals surface area contributed by atoms with E-state index in [-0.39, 0.29) is 0 Å². The summed E-state index contributed by atoms with van der Waals surface area (Å²) in [6.07, 6.45) is 6.49. The van der Waals surface area contributed by atoms with Crippen LogP contribution < -0.4 is 5.32 Å². The van der Waals surface area contributed by atoms with Gasteiger partial charge in [0.15, 0.2) is 0 Å². The summed E-state index contributed by atoms with van der Waals surface area (Å²) in [4.78, 5) is 0. The Balaban J connectivity index is 1.65. The van der Waals surface area contributed by atoms with Crippen molar-refractivity contribution in [3.63, 3.8) is 0 Å². The van der Waals surface area contributed by atoms with Crippen molar-refractivity contribution in [2.45, 2.75) is 31.8 Å². The van der Waals surface area contributed by atoms with E-state index in [2.05, 4.69) is 5.32 Å². The van der Waals surface area contributed by atoms with Crippen LogP contribution in [0.2, 0.25) is 0 Å². The van der Waals surface area contributed by atoms with Crippen LogP contribution in [0.3, 0.4) is 0 Å². The van der Waals surface area contributed by atoms with E-state index in [1.807, 2.05) is 0 Å². The van der Waals surface area contributed by atoms with Crippen LogP contribution in [-0.2, 0) is 4.74 Å². The van der Waals surface area contributed by atoms with Gasteiger partial charge in [-0.25, -0.2) is 0 Å². The molecule has 0 spiro atoms. The molecule has 13 heavy (non-hydrogen) atoms. The predicted octanol–water partition coefficient (Wildman–Crippen LogP) is 1.41. The molecule has 0 aromatic carbocycles. The number of hydrogen-bond acceptors (Lipinski definition) is 2. The topological polar surface area (TPSA) is 21.3 Å². The average Bonchev–Trinajstić information content (AvgIpc) is 2.80. The number of rotatable bonds is 1. The van der Waals surface area contributed by atoms with Gasteiger partial charge in [-0.3, -0.25) is 0 Å². The highest BCUT2D eigenvalue weighted by atomic mass is 16.5. The van der Waals surface area contributed by atoms with Gasteiger partial charge in [-0.2, -0.15) is 0 Å². The minimum Gasteiger partial charge on any atom is -0.375 e. The molecule has 2 bridgehead atoms. The Morgan fingerprint density at radius 1 is 1.15 bits per heavy atom. The third-order valence-electron chi connectivity index (χ3n) is 4.23. The standard InChI is InChI=1S/C11H19NO/c1-2-9-5-8(1)6-10(9)11-7-12-3-4-13-11/h8-12H,1-7H2. The fraction of sp³-hybridized carbons (Fsp3) is 1.00. The maximum absolute atomic E-state index is 5.85. The van der Waals surface area contributed by atoms with Crippen molar-refractivity contribution in [1.82, 2.24) is 5.32 Å². The molecule has 0 radical (unpaired) electrons. The van der Waals surface area contributed by atoms with Gasteiger partial charge in [-0.15, -0.1) is 0 Å². The van der Waals surface area contributed by atoms with Crippen molar-refractivity contribution >= 4 is 0 Å². The molecule has 1 heterocycles. The molecule has 0 aromatic rings. The predicted molar refractivity (Wildman–Crippen MR) is 51.5 cm³/mol. The van der Waals surface area contributed by atoms with Crippen molar-refractivity contribution in [1.29, 1.82) is 0 Å². The maximum Gasteiger partial charge on any atom is 0.0730 e. The van der Waals surface area contributed by atoms with Crippen LogP contribution in [0.1, 0.15) is 25.7 Å². The Kier molecular flexibility index (Phi) is 2.06. The summed E-state index contributed by atoms with van der Waals surface area (Å²) < 4.78 is 5.85. The monoisotopic (exact) mass is 181 g/mol. The van der Waals surface area contributed by atoms with Crippen LogP contribution in [0.25, 0.3) is 0 Å². The normalized spacial score (nSPS) is 49.8. The lowest BCUT2D eigenvalue weighted by atomic mass is 9.84. The zero-order valence-electron chi connectivity index (χ0n) is 8.17. The SMILES string of the molecule is C1COC(C2CC3CCC2C3)CN1. The largest absolute Gasteiger partial charge is 0.375 e. The second-order valence-electron chi connectivity index (χ2n) is 4.95. The second kappa shape index (κ2) is 3.25. The molecule has 2 nitrogen and oxygen atoms in total. The van der Waals surface area contributed by atoms with Gasteiger partial charge < -0.3 is 10.1 Å². The van der Waals surface area contributed by atoms with Crippen molar-refractivity contribution in [3.8, 4) is 0 Å². The fourth-order valence-corrected chi connectivity index (χ4v) is 3.61. The van der Waals surface area contributed by atoms with Gasteiger partial charge >= 0.3 is 0 Å². The van der Waals surface area contributed by atoms with Gasteiger partial charge in [-0.05, 0) is 37.0 Å². The number of fused-ring (bicyclic) bond motifs is 2. The van der Waals surface area contributed by atoms with Crippen LogP contribution in [-0.4, -0.2) is 25.8 Å². The summed E-state index contributed by atoms with van der Waals surface area (Å²) in [6, 6.07) is 0. The smallest absolute Gasteiger partial charge is 0.0730 e. The molecule has 3 fully saturated rings. The Morgan fingerprint density at radius 2 is 2.15 bits per heavy atom. The zero-order valence-corrected chi connectivity index (χ0v) is 8.17. The van der Waals surface area contributed by atoms with Crippen molar-refractivity contribution in [3.05, 3.63) is 0 Å². The summed E-state index contributed by atoms with van der Waals surface area (Å²) in [5.41, 5.74) is 0. The van der Waals surface area contributed by atoms with Gasteiger partial charge in [-0.1, -0.05) is 6.42 Å². The van der Waals surface area contributed by atoms with E-state index in [4.69, 9.17) is 4.74 Å². The fourth-order valence-electron chi connectivity index (χ4n) is 3.61. The molecule has 0 amide bonds. The van der Waals surface area contributed by atoms with E-state index in [0.717, 1.165) is 37.5 Å². The Morgan fingerprint density at radius 3 is 2.77 bits per heavy atom. The van der Waals surface area contributed by atoms with Crippen LogP contribution >= 0.6 is 0 Å². The lowest BCUT2D eigenvalue weighted by Gasteiger charge is -2.33. The molecular weight excluding hydrogens is 162 g/mol. The van der Waals surface area contributed by atoms with Crippen molar-refractivity contribution in [2.75, 3.05) is 19.7 Å². The Bertz CT molecular complexity index is 189. The van der Waals surface area contributed by atoms with Crippen LogP contribution in [0.5, 0.6) is 0 Å². The van der Waals surface area contributed by atoms with Crippen molar-refractivity contribution in [2.24, 2.45) is 17.8 Å². The lowest BCUT2D eigenvalue weighted by Crippen LogP contribution is -2.44. The van der Waals surface area contributed by atoms with Crippen LogP contribution in [0.4, 0.5) is 0 Å². The van der Waals surface area contributed by atoms with Gasteiger partial charge in [0.2, 0.25) is 0 Å². The number of hydrogen-bond donors (Lipinski definition) is 1. The molecule has 2 aliphatic carbocycles. The second-order valence-corrected chi connectivity index (χ2v) is 4.95. The lowest BCUT2D eigenvalue weighted by molar-refractivity contribution is -0.0246. The van der Waals surface area contributed by atoms with Crippen molar-refractivity contribution < 1.29 is 4.74 Å². The van der Waals surface area contributed by atoms with Gasteiger partial charge in [0.1, 0.15) is 0 Å². The van der Waals surface area contributed by atoms with Gasteiger partial charge in [0.25, 0.3) is 0 Å². The molecule has 0 aromatic heterocycles. The van der Waals surface area contributed by atoms with E-state index in [1.165, 1.54) is 25.7 Å². The zero-order chi connectivity index (χ0) is 8.67. The molecular formula is C11H19NO. The average molecular weight is 181 g/mol. The van der Waals surface area contributed by atoms with Crippen LogP contribution in [0.15, 0.2) is 0 Å². The summed E-state index contributed by atoms with van der Waals surface area (Å²) in [6.45, 7) is 3.09. The number of ether oxygens (including phenoxy) is 1. The first-order valence-corrected chi connectivity index (χ1v) is 5.76. The van der Waals surface area contributed by atoms with E-state index in [9.17, 15) is 0 Å². The highest BCUT2D eigenvalue weighted by Crippen LogP contribution is 2.50. The minimum atomic E-state index is 0.545. The molecule has 2 saturated carbocycles. The van der Waals surface area contributed by atoms with Crippen LogP contribution in [0, 0.1) is 17.8 Å². The van der Waals surface area contributed by atoms with E-state index in [1.54, 1.807) is 0 Å². The molecule has 1 saturated heterocycles. The molecule has 2 heteroatoms.